The van der Waals surface area contributed by atoms with E-state index in [1.165, 1.54) is 45.9 Å². The Morgan fingerprint density at radius 1 is 0.917 bits per heavy atom. The highest BCUT2D eigenvalue weighted by atomic mass is 127. The van der Waals surface area contributed by atoms with Crippen LogP contribution in [0, 0.1) is 0 Å². The van der Waals surface area contributed by atoms with E-state index in [0.29, 0.717) is 0 Å². The van der Waals surface area contributed by atoms with E-state index in [0.717, 1.165) is 0 Å². The molecule has 0 atom stereocenters. The van der Waals surface area contributed by atoms with Gasteiger partial charge in [-0.25, -0.2) is 0 Å². The lowest BCUT2D eigenvalue weighted by Crippen LogP contribution is -2.49. The van der Waals surface area contributed by atoms with Crippen molar-refractivity contribution in [3.63, 3.8) is 0 Å². The molecule has 0 unspecified atom stereocenters. The van der Waals surface area contributed by atoms with Crippen molar-refractivity contribution in [2.45, 2.75) is 26.7 Å². The Morgan fingerprint density at radius 2 is 1.42 bits per heavy atom. The van der Waals surface area contributed by atoms with Crippen molar-refractivity contribution < 1.29 is 4.48 Å². The van der Waals surface area contributed by atoms with Crippen LogP contribution in [-0.2, 0) is 0 Å². The number of quaternary nitrogens is 1. The Bertz CT molecular complexity index is 89.7. The molecule has 74 valence electrons. The van der Waals surface area contributed by atoms with Crippen LogP contribution < -0.4 is 0 Å². The molecule has 0 aromatic carbocycles. The minimum absolute atomic E-state index is 1.28. The molecule has 0 rings (SSSR count). The Morgan fingerprint density at radius 3 is 1.67 bits per heavy atom. The summed E-state index contributed by atoms with van der Waals surface area (Å²) >= 11 is 5.04. The molecule has 0 saturated heterocycles. The van der Waals surface area contributed by atoms with E-state index in [2.05, 4.69) is 59.0 Å². The molecule has 0 heterocycles. The number of hydrogen-bond acceptors (Lipinski definition) is 0. The fourth-order valence-corrected chi connectivity index (χ4v) is 3.69. The molecule has 0 N–H and O–H groups in total. The Balaban J connectivity index is 4.06. The molecule has 0 aliphatic rings. The van der Waals surface area contributed by atoms with Crippen LogP contribution in [0.25, 0.3) is 0 Å². The van der Waals surface area contributed by atoms with Gasteiger partial charge in [0.25, 0.3) is 0 Å². The van der Waals surface area contributed by atoms with Crippen molar-refractivity contribution in [2.75, 3.05) is 28.6 Å². The first-order chi connectivity index (χ1) is 5.74. The lowest BCUT2D eigenvalue weighted by molar-refractivity contribution is -0.910. The van der Waals surface area contributed by atoms with E-state index in [1.807, 2.05) is 0 Å². The Labute approximate surface area is 104 Å². The SMILES string of the molecule is CCC[N+](CI)(CCC)CCI. The van der Waals surface area contributed by atoms with Gasteiger partial charge in [-0.1, -0.05) is 36.4 Å². The third-order valence-electron chi connectivity index (χ3n) is 2.21. The van der Waals surface area contributed by atoms with Gasteiger partial charge in [0.15, 0.2) is 0 Å². The summed E-state index contributed by atoms with van der Waals surface area (Å²) in [5.41, 5.74) is 0. The van der Waals surface area contributed by atoms with Crippen LogP contribution in [0.3, 0.4) is 0 Å². The van der Waals surface area contributed by atoms with Crippen molar-refractivity contribution in [2.24, 2.45) is 0 Å². The highest BCUT2D eigenvalue weighted by Gasteiger charge is 2.22. The second-order valence-corrected chi connectivity index (χ2v) is 5.08. The molecule has 0 spiro atoms. The van der Waals surface area contributed by atoms with Crippen LogP contribution in [-0.4, -0.2) is 33.1 Å². The maximum Gasteiger partial charge on any atom is 0.129 e. The van der Waals surface area contributed by atoms with Gasteiger partial charge in [0.05, 0.1) is 19.6 Å². The van der Waals surface area contributed by atoms with Gasteiger partial charge in [-0.3, -0.25) is 0 Å². The summed E-state index contributed by atoms with van der Waals surface area (Å²) in [6, 6.07) is 0. The van der Waals surface area contributed by atoms with E-state index in [9.17, 15) is 0 Å². The largest absolute Gasteiger partial charge is 0.315 e. The molecule has 0 aromatic heterocycles. The van der Waals surface area contributed by atoms with Crippen molar-refractivity contribution in [1.82, 2.24) is 0 Å². The molecule has 0 radical (unpaired) electrons. The Hall–Kier alpha value is 1.42. The van der Waals surface area contributed by atoms with E-state index in [-0.39, 0.29) is 0 Å². The van der Waals surface area contributed by atoms with E-state index >= 15 is 0 Å². The van der Waals surface area contributed by atoms with Gasteiger partial charge in [0, 0.05) is 4.43 Å². The molecule has 0 bridgehead atoms. The highest BCUT2D eigenvalue weighted by molar-refractivity contribution is 14.1. The minimum atomic E-state index is 1.28. The zero-order chi connectivity index (χ0) is 9.45. The van der Waals surface area contributed by atoms with Crippen molar-refractivity contribution in [1.29, 1.82) is 0 Å². The van der Waals surface area contributed by atoms with E-state index < -0.39 is 0 Å². The number of nitrogens with zero attached hydrogens (tertiary/aromatic N) is 1. The second-order valence-electron chi connectivity index (χ2n) is 3.32. The zero-order valence-electron chi connectivity index (χ0n) is 8.15. The highest BCUT2D eigenvalue weighted by Crippen LogP contribution is 2.13. The quantitative estimate of drug-likeness (QED) is 0.268. The third-order valence-corrected chi connectivity index (χ3v) is 4.14. The molecule has 1 nitrogen and oxygen atoms in total. The molecule has 0 saturated carbocycles. The molecular weight excluding hydrogens is 376 g/mol. The molecular formula is C9H20I2N+. The summed E-state index contributed by atoms with van der Waals surface area (Å²) in [4.78, 5) is 0. The molecule has 0 aromatic rings. The summed E-state index contributed by atoms with van der Waals surface area (Å²) in [7, 11) is 0. The molecule has 0 aliphatic heterocycles. The number of alkyl halides is 2. The first-order valence-electron chi connectivity index (χ1n) is 4.71. The number of hydrogen-bond donors (Lipinski definition) is 0. The Kier molecular flexibility index (Phi) is 8.71. The second kappa shape index (κ2) is 7.79. The predicted molar refractivity (Wildman–Crippen MR) is 73.2 cm³/mol. The number of halogens is 2. The van der Waals surface area contributed by atoms with Crippen LogP contribution in [0.4, 0.5) is 0 Å². The van der Waals surface area contributed by atoms with Crippen molar-refractivity contribution >= 4 is 45.2 Å². The molecule has 0 aliphatic carbocycles. The zero-order valence-corrected chi connectivity index (χ0v) is 12.5. The van der Waals surface area contributed by atoms with Crippen LogP contribution in [0.1, 0.15) is 26.7 Å². The first kappa shape index (κ1) is 13.4. The van der Waals surface area contributed by atoms with Crippen LogP contribution in [0.2, 0.25) is 0 Å². The maximum absolute atomic E-state index is 2.54. The first-order valence-corrected chi connectivity index (χ1v) is 7.76. The fraction of sp³-hybridized carbons (Fsp3) is 1.00. The van der Waals surface area contributed by atoms with Gasteiger partial charge >= 0.3 is 0 Å². The van der Waals surface area contributed by atoms with Gasteiger partial charge < -0.3 is 4.48 Å². The fourth-order valence-electron chi connectivity index (χ4n) is 1.64. The van der Waals surface area contributed by atoms with Gasteiger partial charge in [0.2, 0.25) is 0 Å². The maximum atomic E-state index is 2.54. The summed E-state index contributed by atoms with van der Waals surface area (Å²) in [5.74, 6) is 0. The molecule has 0 fully saturated rings. The van der Waals surface area contributed by atoms with Crippen molar-refractivity contribution in [3.8, 4) is 0 Å². The lowest BCUT2D eigenvalue weighted by Gasteiger charge is -2.36. The van der Waals surface area contributed by atoms with Gasteiger partial charge in [-0.05, 0) is 35.4 Å². The average molecular weight is 396 g/mol. The summed E-state index contributed by atoms with van der Waals surface area (Å²) < 4.78 is 3.90. The van der Waals surface area contributed by atoms with Gasteiger partial charge in [0.1, 0.15) is 4.55 Å². The third kappa shape index (κ3) is 4.60. The van der Waals surface area contributed by atoms with Crippen LogP contribution in [0.5, 0.6) is 0 Å². The monoisotopic (exact) mass is 396 g/mol. The van der Waals surface area contributed by atoms with Crippen LogP contribution in [0.15, 0.2) is 0 Å². The normalized spacial score (nSPS) is 12.0. The number of rotatable bonds is 7. The minimum Gasteiger partial charge on any atom is -0.315 e. The van der Waals surface area contributed by atoms with E-state index in [1.54, 1.807) is 0 Å². The summed E-state index contributed by atoms with van der Waals surface area (Å²) in [6.07, 6.45) is 2.64. The van der Waals surface area contributed by atoms with Gasteiger partial charge in [-0.2, -0.15) is 0 Å². The van der Waals surface area contributed by atoms with Crippen molar-refractivity contribution in [3.05, 3.63) is 0 Å². The molecule has 12 heavy (non-hydrogen) atoms. The molecule has 3 heteroatoms. The summed E-state index contributed by atoms with van der Waals surface area (Å²) in [6.45, 7) is 8.66. The van der Waals surface area contributed by atoms with E-state index in [4.69, 9.17) is 0 Å². The van der Waals surface area contributed by atoms with Crippen LogP contribution >= 0.6 is 45.2 Å². The standard InChI is InChI=1S/C9H20I2N/c1-3-6-12(9-11,7-4-2)8-5-10/h3-9H2,1-2H3/q+1. The summed E-state index contributed by atoms with van der Waals surface area (Å²) in [5, 5.41) is 0. The lowest BCUT2D eigenvalue weighted by atomic mass is 10.3. The topological polar surface area (TPSA) is 0 Å². The average Bonchev–Trinajstić information content (AvgIpc) is 2.06. The molecule has 0 amide bonds. The predicted octanol–water partition coefficient (Wildman–Crippen LogP) is 3.45. The smallest absolute Gasteiger partial charge is 0.129 e. The van der Waals surface area contributed by atoms with Gasteiger partial charge in [-0.15, -0.1) is 0 Å².